The Kier molecular flexibility index (Phi) is 5.98. The van der Waals surface area contributed by atoms with Crippen LogP contribution in [0.3, 0.4) is 0 Å². The number of rotatable bonds is 7. The minimum atomic E-state index is 0.309. The van der Waals surface area contributed by atoms with Crippen LogP contribution in [0.2, 0.25) is 0 Å². The zero-order chi connectivity index (χ0) is 15.9. The summed E-state index contributed by atoms with van der Waals surface area (Å²) in [5.74, 6) is 1.00. The molecule has 1 atom stereocenters. The third-order valence-electron chi connectivity index (χ3n) is 4.91. The molecule has 3 nitrogen and oxygen atoms in total. The Morgan fingerprint density at radius 1 is 1.22 bits per heavy atom. The van der Waals surface area contributed by atoms with E-state index in [9.17, 15) is 0 Å². The van der Waals surface area contributed by atoms with Crippen LogP contribution in [0.5, 0.6) is 5.75 Å². The van der Waals surface area contributed by atoms with Crippen LogP contribution in [0.15, 0.2) is 29.8 Å². The largest absolute Gasteiger partial charge is 0.486 e. The molecule has 2 N–H and O–H groups in total. The average Bonchev–Trinajstić information content (AvgIpc) is 2.62. The molecule has 3 heteroatoms. The lowest BCUT2D eigenvalue weighted by molar-refractivity contribution is 0.202. The van der Waals surface area contributed by atoms with E-state index in [1.54, 1.807) is 5.57 Å². The van der Waals surface area contributed by atoms with E-state index in [1.807, 2.05) is 0 Å². The molecule has 3 rings (SSSR count). The fourth-order valence-corrected chi connectivity index (χ4v) is 3.38. The van der Waals surface area contributed by atoms with Gasteiger partial charge in [0.2, 0.25) is 0 Å². The Morgan fingerprint density at radius 2 is 2.13 bits per heavy atom. The minimum Gasteiger partial charge on any atom is -0.486 e. The first-order valence-corrected chi connectivity index (χ1v) is 9.27. The fraction of sp³-hybridized carbons (Fsp3) is 0.600. The molecule has 1 aliphatic heterocycles. The predicted molar refractivity (Wildman–Crippen MR) is 97.4 cm³/mol. The zero-order valence-electron chi connectivity index (χ0n) is 14.4. The second-order valence-electron chi connectivity index (χ2n) is 6.72. The van der Waals surface area contributed by atoms with Gasteiger partial charge in [-0.15, -0.1) is 0 Å². The molecule has 1 unspecified atom stereocenters. The van der Waals surface area contributed by atoms with Gasteiger partial charge in [0.15, 0.2) is 0 Å². The molecule has 1 aromatic rings. The van der Waals surface area contributed by atoms with Crippen LogP contribution in [-0.4, -0.2) is 25.7 Å². The van der Waals surface area contributed by atoms with Gasteiger partial charge < -0.3 is 15.4 Å². The first kappa shape index (κ1) is 16.4. The molecule has 23 heavy (non-hydrogen) atoms. The van der Waals surface area contributed by atoms with E-state index >= 15 is 0 Å². The Bertz CT molecular complexity index is 538. The molecular weight excluding hydrogens is 284 g/mol. The maximum absolute atomic E-state index is 5.96. The second-order valence-corrected chi connectivity index (χ2v) is 6.72. The van der Waals surface area contributed by atoms with E-state index in [-0.39, 0.29) is 0 Å². The van der Waals surface area contributed by atoms with Crippen LogP contribution in [0.25, 0.3) is 0 Å². The molecule has 0 saturated carbocycles. The summed E-state index contributed by atoms with van der Waals surface area (Å²) in [6, 6.07) is 6.56. The number of hydrogen-bond donors (Lipinski definition) is 2. The molecule has 0 aromatic heterocycles. The van der Waals surface area contributed by atoms with E-state index in [1.165, 1.54) is 37.7 Å². The van der Waals surface area contributed by atoms with Crippen molar-refractivity contribution < 1.29 is 4.74 Å². The summed E-state index contributed by atoms with van der Waals surface area (Å²) in [5, 5.41) is 7.08. The Hall–Kier alpha value is -1.48. The molecular formula is C20H30N2O. The summed E-state index contributed by atoms with van der Waals surface area (Å²) >= 11 is 0. The zero-order valence-corrected chi connectivity index (χ0v) is 14.4. The lowest BCUT2D eigenvalue weighted by Gasteiger charge is -2.27. The number of allylic oxidation sites excluding steroid dienone is 1. The van der Waals surface area contributed by atoms with Crippen molar-refractivity contribution >= 4 is 5.69 Å². The minimum absolute atomic E-state index is 0.309. The summed E-state index contributed by atoms with van der Waals surface area (Å²) in [5.41, 5.74) is 4.18. The van der Waals surface area contributed by atoms with Crippen molar-refractivity contribution in [2.45, 2.75) is 58.0 Å². The molecule has 0 saturated heterocycles. The molecule has 1 aromatic carbocycles. The molecule has 1 aliphatic carbocycles. The van der Waals surface area contributed by atoms with Crippen molar-refractivity contribution in [1.82, 2.24) is 5.32 Å². The number of ether oxygens (including phenoxy) is 1. The van der Waals surface area contributed by atoms with Gasteiger partial charge in [0.1, 0.15) is 11.9 Å². The summed E-state index contributed by atoms with van der Waals surface area (Å²) in [6.45, 7) is 5.24. The van der Waals surface area contributed by atoms with Crippen LogP contribution in [-0.2, 0) is 6.42 Å². The van der Waals surface area contributed by atoms with E-state index < -0.39 is 0 Å². The molecule has 126 valence electrons. The summed E-state index contributed by atoms with van der Waals surface area (Å²) < 4.78 is 5.96. The quantitative estimate of drug-likeness (QED) is 0.582. The standard InChI is InChI=1S/C20H30N2O/c1-2-18-15-22-19-14-17(8-9-20(19)23-18)11-13-21-12-10-16-6-4-3-5-7-16/h6,8-9,14,18,21-22H,2-5,7,10-13,15H2,1H3. The van der Waals surface area contributed by atoms with Crippen LogP contribution >= 0.6 is 0 Å². The number of benzene rings is 1. The third-order valence-corrected chi connectivity index (χ3v) is 4.91. The number of hydrogen-bond acceptors (Lipinski definition) is 3. The van der Waals surface area contributed by atoms with Gasteiger partial charge in [-0.3, -0.25) is 0 Å². The summed E-state index contributed by atoms with van der Waals surface area (Å²) in [7, 11) is 0. The summed E-state index contributed by atoms with van der Waals surface area (Å²) in [6.07, 6.45) is 11.5. The molecule has 0 bridgehead atoms. The molecule has 2 aliphatic rings. The average molecular weight is 314 g/mol. The topological polar surface area (TPSA) is 33.3 Å². The van der Waals surface area contributed by atoms with Crippen molar-refractivity contribution in [2.24, 2.45) is 0 Å². The molecule has 0 radical (unpaired) electrons. The van der Waals surface area contributed by atoms with E-state index in [0.29, 0.717) is 6.10 Å². The normalized spacial score (nSPS) is 20.2. The van der Waals surface area contributed by atoms with Crippen molar-refractivity contribution in [3.8, 4) is 5.75 Å². The van der Waals surface area contributed by atoms with Gasteiger partial charge in [0.25, 0.3) is 0 Å². The van der Waals surface area contributed by atoms with E-state index in [2.05, 4.69) is 41.8 Å². The first-order valence-electron chi connectivity index (χ1n) is 9.27. The number of fused-ring (bicyclic) bond motifs is 1. The van der Waals surface area contributed by atoms with Crippen LogP contribution in [0.4, 0.5) is 5.69 Å². The first-order chi connectivity index (χ1) is 11.3. The lowest BCUT2D eigenvalue weighted by atomic mass is 9.97. The van der Waals surface area contributed by atoms with Gasteiger partial charge in [0.05, 0.1) is 12.2 Å². The maximum Gasteiger partial charge on any atom is 0.142 e. The summed E-state index contributed by atoms with van der Waals surface area (Å²) in [4.78, 5) is 0. The SMILES string of the molecule is CCC1CNc2cc(CCNCCC3=CCCCC3)ccc2O1. The lowest BCUT2D eigenvalue weighted by Crippen LogP contribution is -2.30. The second kappa shape index (κ2) is 8.39. The van der Waals surface area contributed by atoms with Crippen LogP contribution in [0.1, 0.15) is 51.0 Å². The fourth-order valence-electron chi connectivity index (χ4n) is 3.38. The van der Waals surface area contributed by atoms with Gasteiger partial charge in [-0.05, 0) is 75.7 Å². The van der Waals surface area contributed by atoms with Crippen molar-refractivity contribution in [2.75, 3.05) is 25.0 Å². The van der Waals surface area contributed by atoms with Crippen LogP contribution < -0.4 is 15.4 Å². The van der Waals surface area contributed by atoms with Gasteiger partial charge in [-0.2, -0.15) is 0 Å². The number of anilines is 1. The van der Waals surface area contributed by atoms with Gasteiger partial charge in [-0.1, -0.05) is 24.6 Å². The molecule has 1 heterocycles. The maximum atomic E-state index is 5.96. The Balaban J connectivity index is 1.40. The van der Waals surface area contributed by atoms with Gasteiger partial charge >= 0.3 is 0 Å². The van der Waals surface area contributed by atoms with Crippen LogP contribution in [0, 0.1) is 0 Å². The Morgan fingerprint density at radius 3 is 2.96 bits per heavy atom. The molecule has 0 amide bonds. The van der Waals surface area contributed by atoms with Crippen molar-refractivity contribution in [3.63, 3.8) is 0 Å². The highest BCUT2D eigenvalue weighted by atomic mass is 16.5. The van der Waals surface area contributed by atoms with Crippen molar-refractivity contribution in [3.05, 3.63) is 35.4 Å². The Labute approximate surface area is 140 Å². The number of nitrogens with one attached hydrogen (secondary N) is 2. The highest BCUT2D eigenvalue weighted by molar-refractivity contribution is 5.59. The van der Waals surface area contributed by atoms with Crippen molar-refractivity contribution in [1.29, 1.82) is 0 Å². The molecule has 0 fully saturated rings. The monoisotopic (exact) mass is 314 g/mol. The predicted octanol–water partition coefficient (Wildman–Crippen LogP) is 4.29. The van der Waals surface area contributed by atoms with E-state index in [4.69, 9.17) is 4.74 Å². The van der Waals surface area contributed by atoms with E-state index in [0.717, 1.165) is 43.9 Å². The van der Waals surface area contributed by atoms with Gasteiger partial charge in [0, 0.05) is 0 Å². The third kappa shape index (κ3) is 4.74. The highest BCUT2D eigenvalue weighted by Gasteiger charge is 2.17. The highest BCUT2D eigenvalue weighted by Crippen LogP contribution is 2.30. The smallest absolute Gasteiger partial charge is 0.142 e. The van der Waals surface area contributed by atoms with Gasteiger partial charge in [-0.25, -0.2) is 0 Å². The molecule has 0 spiro atoms.